The Morgan fingerprint density at radius 2 is 2.16 bits per heavy atom. The number of methoxy groups -OCH3 is 1. The van der Waals surface area contributed by atoms with Gasteiger partial charge in [-0.05, 0) is 42.3 Å². The molecule has 0 radical (unpaired) electrons. The van der Waals surface area contributed by atoms with Crippen molar-refractivity contribution in [2.45, 2.75) is 19.4 Å². The third-order valence-electron chi connectivity index (χ3n) is 3.11. The second kappa shape index (κ2) is 6.90. The summed E-state index contributed by atoms with van der Waals surface area (Å²) >= 11 is 0. The zero-order valence-corrected chi connectivity index (χ0v) is 11.5. The molecular formula is C16H20N2O. The highest BCUT2D eigenvalue weighted by molar-refractivity contribution is 5.31. The Kier molecular flexibility index (Phi) is 4.93. The summed E-state index contributed by atoms with van der Waals surface area (Å²) in [6.07, 6.45) is 4.65. The molecule has 2 rings (SSSR count). The predicted octanol–water partition coefficient (Wildman–Crippen LogP) is 2.98. The van der Waals surface area contributed by atoms with Crippen LogP contribution in [0, 0.1) is 0 Å². The molecule has 1 aromatic carbocycles. The molecular weight excluding hydrogens is 236 g/mol. The average molecular weight is 256 g/mol. The summed E-state index contributed by atoms with van der Waals surface area (Å²) in [6.45, 7) is 3.05. The Bertz CT molecular complexity index is 499. The number of hydrogen-bond acceptors (Lipinski definition) is 3. The molecule has 0 spiro atoms. The number of ether oxygens (including phenoxy) is 1. The normalized spacial score (nSPS) is 12.1. The maximum Gasteiger partial charge on any atom is 0.119 e. The largest absolute Gasteiger partial charge is 0.497 e. The Balaban J connectivity index is 2.19. The van der Waals surface area contributed by atoms with Crippen molar-refractivity contribution in [1.29, 1.82) is 0 Å². The van der Waals surface area contributed by atoms with Gasteiger partial charge in [-0.15, -0.1) is 0 Å². The standard InChI is InChI=1S/C16H20N2O/c1-3-18-16(10-13-6-5-9-17-12-13)14-7-4-8-15(11-14)19-2/h4-9,11-12,16,18H,3,10H2,1-2H3. The van der Waals surface area contributed by atoms with Crippen LogP contribution in [-0.2, 0) is 6.42 Å². The quantitative estimate of drug-likeness (QED) is 0.862. The third kappa shape index (κ3) is 3.80. The lowest BCUT2D eigenvalue weighted by atomic mass is 9.99. The highest BCUT2D eigenvalue weighted by Crippen LogP contribution is 2.22. The van der Waals surface area contributed by atoms with Gasteiger partial charge in [0.25, 0.3) is 0 Å². The molecule has 2 aromatic rings. The summed E-state index contributed by atoms with van der Waals surface area (Å²) in [4.78, 5) is 4.17. The molecule has 0 saturated carbocycles. The first-order valence-corrected chi connectivity index (χ1v) is 6.59. The van der Waals surface area contributed by atoms with Crippen LogP contribution in [0.25, 0.3) is 0 Å². The maximum atomic E-state index is 5.29. The van der Waals surface area contributed by atoms with Gasteiger partial charge < -0.3 is 10.1 Å². The van der Waals surface area contributed by atoms with Gasteiger partial charge >= 0.3 is 0 Å². The van der Waals surface area contributed by atoms with Crippen LogP contribution in [-0.4, -0.2) is 18.6 Å². The molecule has 0 fully saturated rings. The Hall–Kier alpha value is -1.87. The molecule has 0 saturated heterocycles. The van der Waals surface area contributed by atoms with E-state index in [1.807, 2.05) is 24.4 Å². The predicted molar refractivity (Wildman–Crippen MR) is 77.4 cm³/mol. The minimum Gasteiger partial charge on any atom is -0.497 e. The lowest BCUT2D eigenvalue weighted by molar-refractivity contribution is 0.413. The van der Waals surface area contributed by atoms with E-state index in [9.17, 15) is 0 Å². The molecule has 0 aliphatic rings. The molecule has 0 bridgehead atoms. The SMILES string of the molecule is CCNC(Cc1cccnc1)c1cccc(OC)c1. The van der Waals surface area contributed by atoms with Crippen molar-refractivity contribution in [3.63, 3.8) is 0 Å². The molecule has 3 heteroatoms. The Labute approximate surface area is 114 Å². The fourth-order valence-electron chi connectivity index (χ4n) is 2.17. The summed E-state index contributed by atoms with van der Waals surface area (Å²) < 4.78 is 5.29. The smallest absolute Gasteiger partial charge is 0.119 e. The number of aromatic nitrogens is 1. The van der Waals surface area contributed by atoms with Crippen LogP contribution in [0.2, 0.25) is 0 Å². The van der Waals surface area contributed by atoms with E-state index in [2.05, 4.69) is 35.4 Å². The Morgan fingerprint density at radius 3 is 2.84 bits per heavy atom. The molecule has 1 N–H and O–H groups in total. The molecule has 0 amide bonds. The molecule has 1 unspecified atom stereocenters. The van der Waals surface area contributed by atoms with E-state index < -0.39 is 0 Å². The Morgan fingerprint density at radius 1 is 1.26 bits per heavy atom. The van der Waals surface area contributed by atoms with Crippen LogP contribution >= 0.6 is 0 Å². The van der Waals surface area contributed by atoms with Crippen molar-refractivity contribution in [1.82, 2.24) is 10.3 Å². The van der Waals surface area contributed by atoms with E-state index in [1.165, 1.54) is 11.1 Å². The van der Waals surface area contributed by atoms with E-state index in [0.29, 0.717) is 0 Å². The van der Waals surface area contributed by atoms with Gasteiger partial charge in [-0.1, -0.05) is 25.1 Å². The van der Waals surface area contributed by atoms with E-state index in [1.54, 1.807) is 13.3 Å². The average Bonchev–Trinajstić information content (AvgIpc) is 2.48. The lowest BCUT2D eigenvalue weighted by Crippen LogP contribution is -2.23. The lowest BCUT2D eigenvalue weighted by Gasteiger charge is -2.19. The highest BCUT2D eigenvalue weighted by atomic mass is 16.5. The van der Waals surface area contributed by atoms with Crippen LogP contribution < -0.4 is 10.1 Å². The van der Waals surface area contributed by atoms with Gasteiger partial charge in [0, 0.05) is 18.4 Å². The highest BCUT2D eigenvalue weighted by Gasteiger charge is 2.11. The molecule has 19 heavy (non-hydrogen) atoms. The second-order valence-corrected chi connectivity index (χ2v) is 4.45. The van der Waals surface area contributed by atoms with E-state index in [0.717, 1.165) is 18.7 Å². The topological polar surface area (TPSA) is 34.2 Å². The van der Waals surface area contributed by atoms with Gasteiger partial charge in [0.2, 0.25) is 0 Å². The van der Waals surface area contributed by atoms with Crippen molar-refractivity contribution in [3.8, 4) is 5.75 Å². The van der Waals surface area contributed by atoms with Crippen molar-refractivity contribution in [2.75, 3.05) is 13.7 Å². The van der Waals surface area contributed by atoms with E-state index in [-0.39, 0.29) is 6.04 Å². The minimum atomic E-state index is 0.282. The summed E-state index contributed by atoms with van der Waals surface area (Å²) in [5.41, 5.74) is 2.47. The maximum absolute atomic E-state index is 5.29. The number of nitrogens with zero attached hydrogens (tertiary/aromatic N) is 1. The summed E-state index contributed by atoms with van der Waals surface area (Å²) in [5.74, 6) is 0.895. The van der Waals surface area contributed by atoms with Gasteiger partial charge in [-0.25, -0.2) is 0 Å². The van der Waals surface area contributed by atoms with Gasteiger partial charge in [-0.3, -0.25) is 4.98 Å². The van der Waals surface area contributed by atoms with Crippen LogP contribution in [0.1, 0.15) is 24.1 Å². The molecule has 0 aliphatic heterocycles. The van der Waals surface area contributed by atoms with E-state index in [4.69, 9.17) is 4.74 Å². The molecule has 0 aliphatic carbocycles. The van der Waals surface area contributed by atoms with Crippen LogP contribution in [0.4, 0.5) is 0 Å². The number of nitrogens with one attached hydrogen (secondary N) is 1. The number of hydrogen-bond donors (Lipinski definition) is 1. The van der Waals surface area contributed by atoms with Gasteiger partial charge in [0.05, 0.1) is 7.11 Å². The van der Waals surface area contributed by atoms with Crippen molar-refractivity contribution < 1.29 is 4.74 Å². The fourth-order valence-corrected chi connectivity index (χ4v) is 2.17. The second-order valence-electron chi connectivity index (χ2n) is 4.45. The first-order chi connectivity index (χ1) is 9.33. The first-order valence-electron chi connectivity index (χ1n) is 6.59. The van der Waals surface area contributed by atoms with Crippen molar-refractivity contribution in [3.05, 3.63) is 59.9 Å². The number of rotatable bonds is 6. The monoisotopic (exact) mass is 256 g/mol. The number of pyridine rings is 1. The third-order valence-corrected chi connectivity index (χ3v) is 3.11. The van der Waals surface area contributed by atoms with Crippen molar-refractivity contribution in [2.24, 2.45) is 0 Å². The summed E-state index contributed by atoms with van der Waals surface area (Å²) in [7, 11) is 1.70. The van der Waals surface area contributed by atoms with Crippen molar-refractivity contribution >= 4 is 0 Å². The van der Waals surface area contributed by atoms with Gasteiger partial charge in [-0.2, -0.15) is 0 Å². The number of benzene rings is 1. The first kappa shape index (κ1) is 13.6. The van der Waals surface area contributed by atoms with Crippen LogP contribution in [0.3, 0.4) is 0 Å². The number of likely N-dealkylation sites (N-methyl/N-ethyl adjacent to an activating group) is 1. The zero-order valence-electron chi connectivity index (χ0n) is 11.5. The minimum absolute atomic E-state index is 0.282. The van der Waals surface area contributed by atoms with Gasteiger partial charge in [0.1, 0.15) is 5.75 Å². The van der Waals surface area contributed by atoms with Crippen LogP contribution in [0.5, 0.6) is 5.75 Å². The van der Waals surface area contributed by atoms with E-state index >= 15 is 0 Å². The van der Waals surface area contributed by atoms with Crippen LogP contribution in [0.15, 0.2) is 48.8 Å². The fraction of sp³-hybridized carbons (Fsp3) is 0.312. The molecule has 100 valence electrons. The summed E-state index contributed by atoms with van der Waals surface area (Å²) in [5, 5.41) is 3.52. The molecule has 3 nitrogen and oxygen atoms in total. The molecule has 1 aromatic heterocycles. The summed E-state index contributed by atoms with van der Waals surface area (Å²) in [6, 6.07) is 12.6. The zero-order chi connectivity index (χ0) is 13.5. The molecule has 1 heterocycles. The van der Waals surface area contributed by atoms with Gasteiger partial charge in [0.15, 0.2) is 0 Å². The molecule has 1 atom stereocenters.